The third-order valence-electron chi connectivity index (χ3n) is 3.02. The third kappa shape index (κ3) is 6.72. The molecule has 1 aromatic heterocycles. The van der Waals surface area contributed by atoms with Crippen LogP contribution in [0.25, 0.3) is 0 Å². The Balaban J connectivity index is 0.00000264. The van der Waals surface area contributed by atoms with Crippen molar-refractivity contribution in [1.82, 2.24) is 15.6 Å². The lowest BCUT2D eigenvalue weighted by Crippen LogP contribution is -2.38. The molecule has 1 heterocycles. The lowest BCUT2D eigenvalue weighted by Gasteiger charge is -2.12. The average molecular weight is 513 g/mol. The van der Waals surface area contributed by atoms with Crippen molar-refractivity contribution in [2.24, 2.45) is 4.99 Å². The van der Waals surface area contributed by atoms with Crippen LogP contribution in [0.3, 0.4) is 0 Å². The van der Waals surface area contributed by atoms with Gasteiger partial charge in [0.15, 0.2) is 5.96 Å². The number of thiazole rings is 1. The topological polar surface area (TPSA) is 49.3 Å². The molecule has 0 fully saturated rings. The minimum atomic E-state index is -0.248. The predicted molar refractivity (Wildman–Crippen MR) is 108 cm³/mol. The number of hydrogen-bond acceptors (Lipinski definition) is 3. The molecule has 0 amide bonds. The van der Waals surface area contributed by atoms with E-state index in [9.17, 15) is 4.39 Å². The zero-order valence-electron chi connectivity index (χ0n) is 12.9. The highest BCUT2D eigenvalue weighted by atomic mass is 127. The van der Waals surface area contributed by atoms with Crippen molar-refractivity contribution in [1.29, 1.82) is 0 Å². The lowest BCUT2D eigenvalue weighted by atomic mass is 10.2. The zero-order chi connectivity index (χ0) is 15.9. The standard InChI is InChI=1S/C15H18BrFN4S.HI/c1-10-21-13(9-22-10)5-6-19-15(18-2)20-8-11-7-12(17)3-4-14(11)16;/h3-4,7,9H,5-6,8H2,1-2H3,(H2,18,19,20);1H. The summed E-state index contributed by atoms with van der Waals surface area (Å²) in [6.07, 6.45) is 0.842. The van der Waals surface area contributed by atoms with Gasteiger partial charge in [-0.05, 0) is 30.7 Å². The van der Waals surface area contributed by atoms with Crippen LogP contribution in [0, 0.1) is 12.7 Å². The van der Waals surface area contributed by atoms with Gasteiger partial charge in [-0.1, -0.05) is 15.9 Å². The Bertz CT molecular complexity index is 663. The van der Waals surface area contributed by atoms with Crippen LogP contribution in [0.5, 0.6) is 0 Å². The second-order valence-corrected chi connectivity index (χ2v) is 6.61. The highest BCUT2D eigenvalue weighted by Gasteiger charge is 2.04. The molecule has 0 atom stereocenters. The van der Waals surface area contributed by atoms with E-state index in [0.717, 1.165) is 33.7 Å². The number of benzene rings is 1. The molecule has 2 rings (SSSR count). The van der Waals surface area contributed by atoms with E-state index in [0.29, 0.717) is 12.5 Å². The quantitative estimate of drug-likeness (QED) is 0.363. The first kappa shape index (κ1) is 20.3. The number of halogens is 3. The number of aromatic nitrogens is 1. The first-order valence-corrected chi connectivity index (χ1v) is 8.55. The van der Waals surface area contributed by atoms with Gasteiger partial charge in [-0.2, -0.15) is 0 Å². The number of nitrogens with zero attached hydrogens (tertiary/aromatic N) is 2. The van der Waals surface area contributed by atoms with Crippen LogP contribution >= 0.6 is 51.2 Å². The highest BCUT2D eigenvalue weighted by molar-refractivity contribution is 14.0. The molecule has 0 aliphatic carbocycles. The van der Waals surface area contributed by atoms with Crippen molar-refractivity contribution in [3.05, 3.63) is 50.1 Å². The van der Waals surface area contributed by atoms with E-state index in [-0.39, 0.29) is 29.8 Å². The van der Waals surface area contributed by atoms with Crippen molar-refractivity contribution in [2.45, 2.75) is 19.9 Å². The fourth-order valence-electron chi connectivity index (χ4n) is 1.91. The van der Waals surface area contributed by atoms with Crippen molar-refractivity contribution in [3.63, 3.8) is 0 Å². The SMILES string of the molecule is CN=C(NCCc1csc(C)n1)NCc1cc(F)ccc1Br.I. The maximum atomic E-state index is 13.2. The summed E-state index contributed by atoms with van der Waals surface area (Å²) in [6.45, 7) is 3.24. The summed E-state index contributed by atoms with van der Waals surface area (Å²) in [7, 11) is 1.71. The van der Waals surface area contributed by atoms with Gasteiger partial charge in [0.25, 0.3) is 0 Å². The van der Waals surface area contributed by atoms with Crippen molar-refractivity contribution in [3.8, 4) is 0 Å². The second kappa shape index (κ2) is 10.2. The Hall–Kier alpha value is -0.740. The molecule has 23 heavy (non-hydrogen) atoms. The van der Waals surface area contributed by atoms with Crippen LogP contribution in [-0.4, -0.2) is 24.5 Å². The number of guanidine groups is 1. The fourth-order valence-corrected chi connectivity index (χ4v) is 2.94. The third-order valence-corrected chi connectivity index (χ3v) is 4.61. The van der Waals surface area contributed by atoms with Crippen LogP contribution in [0.15, 0.2) is 33.0 Å². The van der Waals surface area contributed by atoms with Crippen LogP contribution < -0.4 is 10.6 Å². The molecule has 4 nitrogen and oxygen atoms in total. The molecule has 0 aliphatic heterocycles. The number of aryl methyl sites for hydroxylation is 1. The summed E-state index contributed by atoms with van der Waals surface area (Å²) in [5.74, 6) is 0.435. The van der Waals surface area contributed by atoms with Gasteiger partial charge in [-0.15, -0.1) is 35.3 Å². The molecule has 2 N–H and O–H groups in total. The summed E-state index contributed by atoms with van der Waals surface area (Å²) in [5.41, 5.74) is 1.93. The molecule has 0 radical (unpaired) electrons. The monoisotopic (exact) mass is 512 g/mol. The maximum absolute atomic E-state index is 13.2. The lowest BCUT2D eigenvalue weighted by molar-refractivity contribution is 0.624. The molecule has 2 aromatic rings. The van der Waals surface area contributed by atoms with E-state index >= 15 is 0 Å². The van der Waals surface area contributed by atoms with E-state index in [1.54, 1.807) is 24.5 Å². The van der Waals surface area contributed by atoms with Crippen LogP contribution in [0.4, 0.5) is 4.39 Å². The van der Waals surface area contributed by atoms with E-state index in [1.807, 2.05) is 6.92 Å². The van der Waals surface area contributed by atoms with Crippen LogP contribution in [0.1, 0.15) is 16.3 Å². The molecular weight excluding hydrogens is 494 g/mol. The molecule has 0 saturated heterocycles. The van der Waals surface area contributed by atoms with Gasteiger partial charge in [-0.25, -0.2) is 9.37 Å². The molecule has 0 aliphatic rings. The number of hydrogen-bond donors (Lipinski definition) is 2. The van der Waals surface area contributed by atoms with Crippen molar-refractivity contribution in [2.75, 3.05) is 13.6 Å². The summed E-state index contributed by atoms with van der Waals surface area (Å²) < 4.78 is 14.1. The van der Waals surface area contributed by atoms with Gasteiger partial charge >= 0.3 is 0 Å². The van der Waals surface area contributed by atoms with Crippen LogP contribution in [-0.2, 0) is 13.0 Å². The number of nitrogens with one attached hydrogen (secondary N) is 2. The molecule has 0 saturated carbocycles. The Kier molecular flexibility index (Phi) is 9.00. The van der Waals surface area contributed by atoms with E-state index < -0.39 is 0 Å². The van der Waals surface area contributed by atoms with Gasteiger partial charge in [-0.3, -0.25) is 4.99 Å². The Labute approximate surface area is 165 Å². The summed E-state index contributed by atoms with van der Waals surface area (Å²) in [6, 6.07) is 4.63. The van der Waals surface area contributed by atoms with Gasteiger partial charge in [0.05, 0.1) is 10.7 Å². The van der Waals surface area contributed by atoms with Crippen LogP contribution in [0.2, 0.25) is 0 Å². The van der Waals surface area contributed by atoms with E-state index in [1.165, 1.54) is 12.1 Å². The van der Waals surface area contributed by atoms with E-state index in [2.05, 4.69) is 41.9 Å². The number of aliphatic imine (C=N–C) groups is 1. The molecule has 126 valence electrons. The molecule has 1 aromatic carbocycles. The molecule has 0 spiro atoms. The second-order valence-electron chi connectivity index (χ2n) is 4.70. The van der Waals surface area contributed by atoms with Crippen molar-refractivity contribution >= 4 is 57.2 Å². The summed E-state index contributed by atoms with van der Waals surface area (Å²) in [5, 5.41) is 9.54. The van der Waals surface area contributed by atoms with Gasteiger partial charge in [0.1, 0.15) is 5.82 Å². The van der Waals surface area contributed by atoms with E-state index in [4.69, 9.17) is 0 Å². The molecule has 0 unspecified atom stereocenters. The largest absolute Gasteiger partial charge is 0.356 e. The number of rotatable bonds is 5. The fraction of sp³-hybridized carbons (Fsp3) is 0.333. The Morgan fingerprint density at radius 2 is 2.17 bits per heavy atom. The summed E-state index contributed by atoms with van der Waals surface area (Å²) in [4.78, 5) is 8.58. The first-order chi connectivity index (χ1) is 10.6. The zero-order valence-corrected chi connectivity index (χ0v) is 17.6. The predicted octanol–water partition coefficient (Wildman–Crippen LogP) is 3.88. The average Bonchev–Trinajstić information content (AvgIpc) is 2.91. The Morgan fingerprint density at radius 1 is 1.39 bits per heavy atom. The maximum Gasteiger partial charge on any atom is 0.191 e. The normalized spacial score (nSPS) is 11.0. The smallest absolute Gasteiger partial charge is 0.191 e. The molecule has 8 heteroatoms. The van der Waals surface area contributed by atoms with Gasteiger partial charge in [0, 0.05) is 36.4 Å². The summed E-state index contributed by atoms with van der Waals surface area (Å²) >= 11 is 5.07. The Morgan fingerprint density at radius 3 is 2.83 bits per heavy atom. The molecular formula is C15H19BrFIN4S. The van der Waals surface area contributed by atoms with Gasteiger partial charge < -0.3 is 10.6 Å². The van der Waals surface area contributed by atoms with Crippen molar-refractivity contribution < 1.29 is 4.39 Å². The first-order valence-electron chi connectivity index (χ1n) is 6.88. The highest BCUT2D eigenvalue weighted by Crippen LogP contribution is 2.17. The van der Waals surface area contributed by atoms with Gasteiger partial charge in [0.2, 0.25) is 0 Å². The minimum absolute atomic E-state index is 0. The minimum Gasteiger partial charge on any atom is -0.356 e. The molecule has 0 bridgehead atoms.